The third-order valence-corrected chi connectivity index (χ3v) is 4.10. The van der Waals surface area contributed by atoms with Crippen LogP contribution in [-0.2, 0) is 0 Å². The number of likely N-dealkylation sites (tertiary alicyclic amines) is 1. The van der Waals surface area contributed by atoms with Gasteiger partial charge in [0.15, 0.2) is 0 Å². The van der Waals surface area contributed by atoms with Gasteiger partial charge in [-0.2, -0.15) is 0 Å². The maximum atomic E-state index is 13.7. The predicted molar refractivity (Wildman–Crippen MR) is 73.6 cm³/mol. The van der Waals surface area contributed by atoms with Crippen LogP contribution >= 0.6 is 11.6 Å². The number of hydrogen-bond acceptors (Lipinski definition) is 2. The van der Waals surface area contributed by atoms with Gasteiger partial charge >= 0.3 is 0 Å². The highest BCUT2D eigenvalue weighted by molar-refractivity contribution is 6.31. The maximum absolute atomic E-state index is 13.7. The number of piperidine rings is 1. The molecule has 2 N–H and O–H groups in total. The van der Waals surface area contributed by atoms with Gasteiger partial charge in [0, 0.05) is 18.1 Å². The van der Waals surface area contributed by atoms with Crippen LogP contribution < -0.4 is 5.73 Å². The molecule has 19 heavy (non-hydrogen) atoms. The Bertz CT molecular complexity index is 481. The minimum Gasteiger partial charge on any atom is -0.338 e. The molecule has 5 heteroatoms. The quantitative estimate of drug-likeness (QED) is 0.907. The van der Waals surface area contributed by atoms with Gasteiger partial charge < -0.3 is 10.6 Å². The molecule has 0 bridgehead atoms. The number of nitrogens with zero attached hydrogens (tertiary/aromatic N) is 1. The highest BCUT2D eigenvalue weighted by Crippen LogP contribution is 2.25. The highest BCUT2D eigenvalue weighted by Gasteiger charge is 2.29. The predicted octanol–water partition coefficient (Wildman–Crippen LogP) is 2.54. The van der Waals surface area contributed by atoms with E-state index in [0.717, 1.165) is 6.42 Å². The van der Waals surface area contributed by atoms with Crippen molar-refractivity contribution in [2.24, 2.45) is 17.6 Å². The summed E-state index contributed by atoms with van der Waals surface area (Å²) in [6, 6.07) is 4.05. The zero-order chi connectivity index (χ0) is 14.0. The molecule has 1 heterocycles. The summed E-state index contributed by atoms with van der Waals surface area (Å²) in [7, 11) is 0. The SMILES string of the molecule is CC1CCN(C(=O)c2cc(Cl)ccc2F)CC1CN. The van der Waals surface area contributed by atoms with Crippen molar-refractivity contribution in [1.82, 2.24) is 4.90 Å². The Morgan fingerprint density at radius 2 is 2.32 bits per heavy atom. The lowest BCUT2D eigenvalue weighted by atomic mass is 9.87. The van der Waals surface area contributed by atoms with Crippen molar-refractivity contribution in [2.45, 2.75) is 13.3 Å². The second-order valence-corrected chi connectivity index (χ2v) is 5.57. The molecule has 0 aromatic heterocycles. The molecule has 0 saturated carbocycles. The summed E-state index contributed by atoms with van der Waals surface area (Å²) in [6.07, 6.45) is 0.899. The third-order valence-electron chi connectivity index (χ3n) is 3.86. The Labute approximate surface area is 117 Å². The summed E-state index contributed by atoms with van der Waals surface area (Å²) in [5.41, 5.74) is 5.76. The van der Waals surface area contributed by atoms with Gasteiger partial charge in [-0.05, 0) is 43.0 Å². The van der Waals surface area contributed by atoms with Crippen molar-refractivity contribution in [3.63, 3.8) is 0 Å². The Balaban J connectivity index is 2.18. The molecule has 3 nitrogen and oxygen atoms in total. The van der Waals surface area contributed by atoms with Crippen molar-refractivity contribution < 1.29 is 9.18 Å². The zero-order valence-electron chi connectivity index (χ0n) is 10.9. The summed E-state index contributed by atoms with van der Waals surface area (Å²) >= 11 is 5.82. The molecule has 1 aliphatic heterocycles. The van der Waals surface area contributed by atoms with E-state index in [9.17, 15) is 9.18 Å². The van der Waals surface area contributed by atoms with E-state index in [1.807, 2.05) is 0 Å². The van der Waals surface area contributed by atoms with Crippen molar-refractivity contribution in [3.05, 3.63) is 34.6 Å². The zero-order valence-corrected chi connectivity index (χ0v) is 11.7. The lowest BCUT2D eigenvalue weighted by Crippen LogP contribution is -2.45. The number of hydrogen-bond donors (Lipinski definition) is 1. The van der Waals surface area contributed by atoms with Crippen LogP contribution in [-0.4, -0.2) is 30.4 Å². The fourth-order valence-electron chi connectivity index (χ4n) is 2.47. The Hall–Kier alpha value is -1.13. The molecule has 104 valence electrons. The monoisotopic (exact) mass is 284 g/mol. The molecule has 1 aromatic carbocycles. The molecule has 1 fully saturated rings. The molecule has 2 atom stereocenters. The fourth-order valence-corrected chi connectivity index (χ4v) is 2.64. The van der Waals surface area contributed by atoms with Gasteiger partial charge in [-0.1, -0.05) is 18.5 Å². The highest BCUT2D eigenvalue weighted by atomic mass is 35.5. The maximum Gasteiger partial charge on any atom is 0.256 e. The smallest absolute Gasteiger partial charge is 0.256 e. The van der Waals surface area contributed by atoms with Gasteiger partial charge in [0.1, 0.15) is 5.82 Å². The molecule has 1 aliphatic rings. The topological polar surface area (TPSA) is 46.3 Å². The molecule has 1 amide bonds. The summed E-state index contributed by atoms with van der Waals surface area (Å²) in [5, 5.41) is 0.366. The van der Waals surface area contributed by atoms with Crippen LogP contribution in [0.1, 0.15) is 23.7 Å². The van der Waals surface area contributed by atoms with Gasteiger partial charge in [0.2, 0.25) is 0 Å². The number of benzene rings is 1. The summed E-state index contributed by atoms with van der Waals surface area (Å²) in [6.45, 7) is 3.91. The Morgan fingerprint density at radius 1 is 1.58 bits per heavy atom. The molecule has 2 rings (SSSR count). The number of rotatable bonds is 2. The van der Waals surface area contributed by atoms with E-state index < -0.39 is 5.82 Å². The van der Waals surface area contributed by atoms with Crippen LogP contribution in [0, 0.1) is 17.7 Å². The largest absolute Gasteiger partial charge is 0.338 e. The molecule has 0 aliphatic carbocycles. The number of carbonyl (C=O) groups is 1. The van der Waals surface area contributed by atoms with E-state index in [1.54, 1.807) is 4.90 Å². The molecule has 0 spiro atoms. The molecule has 0 radical (unpaired) electrons. The molecular formula is C14H18ClFN2O. The fraction of sp³-hybridized carbons (Fsp3) is 0.500. The Kier molecular flexibility index (Phi) is 4.42. The standard InChI is InChI=1S/C14H18ClFN2O/c1-9-4-5-18(8-10(9)7-17)14(19)12-6-11(15)2-3-13(12)16/h2-3,6,9-10H,4-5,7-8,17H2,1H3. The van der Waals surface area contributed by atoms with Gasteiger partial charge in [-0.3, -0.25) is 4.79 Å². The molecule has 1 aromatic rings. The average molecular weight is 285 g/mol. The van der Waals surface area contributed by atoms with E-state index >= 15 is 0 Å². The summed E-state index contributed by atoms with van der Waals surface area (Å²) < 4.78 is 13.7. The first-order chi connectivity index (χ1) is 9.02. The third kappa shape index (κ3) is 3.07. The minimum atomic E-state index is -0.530. The van der Waals surface area contributed by atoms with Crippen LogP contribution in [0.15, 0.2) is 18.2 Å². The normalized spacial score (nSPS) is 23.5. The second kappa shape index (κ2) is 5.88. The van der Waals surface area contributed by atoms with Crippen LogP contribution in [0.4, 0.5) is 4.39 Å². The van der Waals surface area contributed by atoms with E-state index in [0.29, 0.717) is 30.6 Å². The number of amides is 1. The van der Waals surface area contributed by atoms with Crippen LogP contribution in [0.25, 0.3) is 0 Å². The molecular weight excluding hydrogens is 267 g/mol. The van der Waals surface area contributed by atoms with Gasteiger partial charge in [0.25, 0.3) is 5.91 Å². The second-order valence-electron chi connectivity index (χ2n) is 5.14. The lowest BCUT2D eigenvalue weighted by Gasteiger charge is -2.36. The van der Waals surface area contributed by atoms with E-state index in [1.165, 1.54) is 18.2 Å². The number of halogens is 2. The Morgan fingerprint density at radius 3 is 3.00 bits per heavy atom. The van der Waals surface area contributed by atoms with Gasteiger partial charge in [-0.15, -0.1) is 0 Å². The van der Waals surface area contributed by atoms with Crippen molar-refractivity contribution in [3.8, 4) is 0 Å². The molecule has 2 unspecified atom stereocenters. The average Bonchev–Trinajstić information content (AvgIpc) is 2.41. The van der Waals surface area contributed by atoms with E-state index in [2.05, 4.69) is 6.92 Å². The van der Waals surface area contributed by atoms with Gasteiger partial charge in [-0.25, -0.2) is 4.39 Å². The van der Waals surface area contributed by atoms with E-state index in [4.69, 9.17) is 17.3 Å². The minimum absolute atomic E-state index is 0.0397. The van der Waals surface area contributed by atoms with Crippen LogP contribution in [0.5, 0.6) is 0 Å². The first kappa shape index (κ1) is 14.3. The van der Waals surface area contributed by atoms with Crippen molar-refractivity contribution in [2.75, 3.05) is 19.6 Å². The number of nitrogens with two attached hydrogens (primary N) is 1. The van der Waals surface area contributed by atoms with Gasteiger partial charge in [0.05, 0.1) is 5.56 Å². The first-order valence-corrected chi connectivity index (χ1v) is 6.85. The lowest BCUT2D eigenvalue weighted by molar-refractivity contribution is 0.0614. The van der Waals surface area contributed by atoms with Crippen LogP contribution in [0.2, 0.25) is 5.02 Å². The van der Waals surface area contributed by atoms with Crippen LogP contribution in [0.3, 0.4) is 0 Å². The van der Waals surface area contributed by atoms with E-state index in [-0.39, 0.29) is 17.4 Å². The first-order valence-electron chi connectivity index (χ1n) is 6.47. The number of carbonyl (C=O) groups excluding carboxylic acids is 1. The summed E-state index contributed by atoms with van der Waals surface area (Å²) in [5.74, 6) is -0.0547. The van der Waals surface area contributed by atoms with Crippen molar-refractivity contribution >= 4 is 17.5 Å². The summed E-state index contributed by atoms with van der Waals surface area (Å²) in [4.78, 5) is 14.0. The van der Waals surface area contributed by atoms with Crippen molar-refractivity contribution in [1.29, 1.82) is 0 Å². The molecule has 1 saturated heterocycles.